The summed E-state index contributed by atoms with van der Waals surface area (Å²) >= 11 is 0. The van der Waals surface area contributed by atoms with Gasteiger partial charge in [-0.15, -0.1) is 0 Å². The monoisotopic (exact) mass is 345 g/mol. The van der Waals surface area contributed by atoms with Gasteiger partial charge in [0.25, 0.3) is 17.7 Å². The van der Waals surface area contributed by atoms with Crippen LogP contribution in [0.3, 0.4) is 0 Å². The number of β-amino-alcohol motifs (C(OH)–C–C–N with tert-alkyl or cyclic N) is 1. The molecule has 1 saturated heterocycles. The molecular weight excluding hydrogens is 326 g/mol. The second-order valence-electron chi connectivity index (χ2n) is 6.45. The number of imide groups is 2. The van der Waals surface area contributed by atoms with Crippen molar-refractivity contribution in [2.24, 2.45) is 0 Å². The maximum Gasteiger partial charge on any atom is 0.325 e. The van der Waals surface area contributed by atoms with Crippen LogP contribution in [0.5, 0.6) is 0 Å². The number of hydrogen-bond donors (Lipinski definition) is 2. The van der Waals surface area contributed by atoms with Crippen molar-refractivity contribution in [2.45, 2.75) is 31.9 Å². The molecule has 0 radical (unpaired) electrons. The average Bonchev–Trinajstić information content (AvgIpc) is 2.96. The number of aliphatic hydroxyl groups excluding tert-OH is 1. The zero-order valence-electron chi connectivity index (χ0n) is 14.0. The van der Waals surface area contributed by atoms with Crippen LogP contribution in [0, 0.1) is 0 Å². The minimum atomic E-state index is -1.23. The van der Waals surface area contributed by atoms with Gasteiger partial charge in [-0.3, -0.25) is 24.2 Å². The minimum absolute atomic E-state index is 0.284. The highest BCUT2D eigenvalue weighted by molar-refractivity contribution is 6.21. The maximum atomic E-state index is 12.3. The molecule has 0 saturated carbocycles. The Hall–Kier alpha value is -2.74. The van der Waals surface area contributed by atoms with Crippen molar-refractivity contribution in [1.82, 2.24) is 15.1 Å². The Morgan fingerprint density at radius 2 is 1.56 bits per heavy atom. The highest BCUT2D eigenvalue weighted by atomic mass is 16.3. The van der Waals surface area contributed by atoms with Gasteiger partial charge in [-0.25, -0.2) is 4.79 Å². The molecule has 132 valence electrons. The zero-order valence-corrected chi connectivity index (χ0v) is 14.0. The molecule has 2 aliphatic rings. The first kappa shape index (κ1) is 17.1. The molecule has 2 N–H and O–H groups in total. The Bertz CT molecular complexity index is 742. The summed E-state index contributed by atoms with van der Waals surface area (Å²) in [6.45, 7) is 2.82. The van der Waals surface area contributed by atoms with Gasteiger partial charge in [0.2, 0.25) is 0 Å². The lowest BCUT2D eigenvalue weighted by Gasteiger charge is -2.23. The lowest BCUT2D eigenvalue weighted by Crippen LogP contribution is -2.46. The molecule has 2 aliphatic heterocycles. The molecule has 0 aromatic heterocycles. The van der Waals surface area contributed by atoms with Crippen LogP contribution < -0.4 is 5.32 Å². The largest absolute Gasteiger partial charge is 0.389 e. The van der Waals surface area contributed by atoms with Gasteiger partial charge >= 0.3 is 6.03 Å². The quantitative estimate of drug-likeness (QED) is 0.592. The second-order valence-corrected chi connectivity index (χ2v) is 6.45. The van der Waals surface area contributed by atoms with Crippen molar-refractivity contribution < 1.29 is 24.3 Å². The van der Waals surface area contributed by atoms with Crippen molar-refractivity contribution >= 4 is 23.8 Å². The van der Waals surface area contributed by atoms with Gasteiger partial charge in [-0.2, -0.15) is 0 Å². The van der Waals surface area contributed by atoms with Crippen LogP contribution in [0.15, 0.2) is 24.3 Å². The van der Waals surface area contributed by atoms with Gasteiger partial charge in [-0.05, 0) is 25.5 Å². The summed E-state index contributed by atoms with van der Waals surface area (Å²) in [4.78, 5) is 50.8. The van der Waals surface area contributed by atoms with Crippen molar-refractivity contribution in [3.05, 3.63) is 35.4 Å². The summed E-state index contributed by atoms with van der Waals surface area (Å²) in [6.07, 6.45) is -0.807. The van der Waals surface area contributed by atoms with E-state index in [-0.39, 0.29) is 24.2 Å². The summed E-state index contributed by atoms with van der Waals surface area (Å²) in [6, 6.07) is 5.82. The molecule has 8 heteroatoms. The van der Waals surface area contributed by atoms with Gasteiger partial charge in [0.05, 0.1) is 30.3 Å². The van der Waals surface area contributed by atoms with Crippen molar-refractivity contribution in [1.29, 1.82) is 0 Å². The molecule has 0 unspecified atom stereocenters. The molecule has 3 rings (SSSR count). The fourth-order valence-corrected chi connectivity index (χ4v) is 3.04. The Kier molecular flexibility index (Phi) is 4.08. The van der Waals surface area contributed by atoms with Crippen molar-refractivity contribution in [3.8, 4) is 0 Å². The number of aliphatic hydroxyl groups is 1. The smallest absolute Gasteiger partial charge is 0.325 e. The third kappa shape index (κ3) is 2.68. The van der Waals surface area contributed by atoms with Crippen LogP contribution in [-0.4, -0.2) is 63.4 Å². The average molecular weight is 345 g/mol. The van der Waals surface area contributed by atoms with E-state index in [2.05, 4.69) is 5.32 Å². The molecule has 1 fully saturated rings. The number of amides is 5. The normalized spacial score (nSPS) is 24.0. The zero-order chi connectivity index (χ0) is 18.4. The van der Waals surface area contributed by atoms with E-state index in [1.165, 1.54) is 0 Å². The molecular formula is C17H19N3O5. The SMILES string of the molecule is CC[C@]1(C)NC(=O)N(C[C@@H](O)CN2C(=O)c3ccccc3C2=O)C1=O. The number of benzene rings is 1. The van der Waals surface area contributed by atoms with E-state index in [0.29, 0.717) is 6.42 Å². The Morgan fingerprint density at radius 1 is 1.04 bits per heavy atom. The maximum absolute atomic E-state index is 12.3. The minimum Gasteiger partial charge on any atom is -0.389 e. The third-order valence-electron chi connectivity index (χ3n) is 4.72. The fraction of sp³-hybridized carbons (Fsp3) is 0.412. The number of hydrogen-bond acceptors (Lipinski definition) is 5. The predicted molar refractivity (Wildman–Crippen MR) is 86.8 cm³/mol. The molecule has 0 aliphatic carbocycles. The van der Waals surface area contributed by atoms with Crippen molar-refractivity contribution in [2.75, 3.05) is 13.1 Å². The molecule has 1 aromatic rings. The summed E-state index contributed by atoms with van der Waals surface area (Å²) in [7, 11) is 0. The van der Waals surface area contributed by atoms with E-state index < -0.39 is 35.4 Å². The van der Waals surface area contributed by atoms with Gasteiger partial charge in [-0.1, -0.05) is 19.1 Å². The first-order valence-corrected chi connectivity index (χ1v) is 8.06. The molecule has 0 bridgehead atoms. The molecule has 8 nitrogen and oxygen atoms in total. The molecule has 0 spiro atoms. The van der Waals surface area contributed by atoms with E-state index in [4.69, 9.17) is 0 Å². The van der Waals surface area contributed by atoms with E-state index in [9.17, 15) is 24.3 Å². The van der Waals surface area contributed by atoms with Crippen LogP contribution in [0.1, 0.15) is 41.0 Å². The molecule has 2 atom stereocenters. The summed E-state index contributed by atoms with van der Waals surface area (Å²) in [5.74, 6) is -1.41. The number of carbonyl (C=O) groups is 4. The number of rotatable bonds is 5. The Labute approximate surface area is 144 Å². The van der Waals surface area contributed by atoms with Crippen LogP contribution in [0.4, 0.5) is 4.79 Å². The van der Waals surface area contributed by atoms with Crippen LogP contribution >= 0.6 is 0 Å². The number of urea groups is 1. The first-order chi connectivity index (χ1) is 11.8. The van der Waals surface area contributed by atoms with E-state index in [1.54, 1.807) is 38.1 Å². The molecule has 25 heavy (non-hydrogen) atoms. The number of nitrogens with one attached hydrogen (secondary N) is 1. The highest BCUT2D eigenvalue weighted by Gasteiger charge is 2.47. The van der Waals surface area contributed by atoms with Gasteiger partial charge < -0.3 is 10.4 Å². The molecule has 5 amide bonds. The highest BCUT2D eigenvalue weighted by Crippen LogP contribution is 2.24. The summed E-state index contributed by atoms with van der Waals surface area (Å²) in [5, 5.41) is 12.8. The molecule has 2 heterocycles. The van der Waals surface area contributed by atoms with Gasteiger partial charge in [0.1, 0.15) is 5.54 Å². The lowest BCUT2D eigenvalue weighted by atomic mass is 9.99. The summed E-state index contributed by atoms with van der Waals surface area (Å²) in [5.41, 5.74) is -0.423. The number of fused-ring (bicyclic) bond motifs is 1. The number of nitrogens with zero attached hydrogens (tertiary/aromatic N) is 2. The van der Waals surface area contributed by atoms with Crippen LogP contribution in [0.25, 0.3) is 0 Å². The predicted octanol–water partition coefficient (Wildman–Crippen LogP) is 0.364. The van der Waals surface area contributed by atoms with E-state index in [1.807, 2.05) is 0 Å². The van der Waals surface area contributed by atoms with Gasteiger partial charge in [0.15, 0.2) is 0 Å². The van der Waals surface area contributed by atoms with Crippen molar-refractivity contribution in [3.63, 3.8) is 0 Å². The summed E-state index contributed by atoms with van der Waals surface area (Å²) < 4.78 is 0. The van der Waals surface area contributed by atoms with E-state index in [0.717, 1.165) is 9.80 Å². The Morgan fingerprint density at radius 3 is 2.04 bits per heavy atom. The Balaban J connectivity index is 1.69. The third-order valence-corrected chi connectivity index (χ3v) is 4.72. The topological polar surface area (TPSA) is 107 Å². The molecule has 1 aromatic carbocycles. The lowest BCUT2D eigenvalue weighted by molar-refractivity contribution is -0.131. The standard InChI is InChI=1S/C17H19N3O5/c1-3-17(2)15(24)20(16(25)18-17)9-10(21)8-19-13(22)11-6-4-5-7-12(11)14(19)23/h4-7,10,21H,3,8-9H2,1-2H3,(H,18,25)/t10-,17-/m0/s1. The fourth-order valence-electron chi connectivity index (χ4n) is 3.04. The van der Waals surface area contributed by atoms with Crippen LogP contribution in [0.2, 0.25) is 0 Å². The second kappa shape index (κ2) is 5.96. The van der Waals surface area contributed by atoms with E-state index >= 15 is 0 Å². The van der Waals surface area contributed by atoms with Gasteiger partial charge in [0, 0.05) is 0 Å². The van der Waals surface area contributed by atoms with Crippen LogP contribution in [-0.2, 0) is 4.79 Å². The number of carbonyl (C=O) groups excluding carboxylic acids is 4. The first-order valence-electron chi connectivity index (χ1n) is 8.06.